The van der Waals surface area contributed by atoms with E-state index in [0.717, 1.165) is 48.9 Å². The van der Waals surface area contributed by atoms with Crippen molar-refractivity contribution in [3.05, 3.63) is 34.0 Å². The molecule has 1 amide bonds. The van der Waals surface area contributed by atoms with E-state index in [9.17, 15) is 4.79 Å². The number of carbonyl (C=O) groups is 1. The molecule has 1 unspecified atom stereocenters. The Kier molecular flexibility index (Phi) is 4.16. The molecule has 2 aliphatic rings. The third-order valence-corrected chi connectivity index (χ3v) is 5.79. The van der Waals surface area contributed by atoms with Crippen molar-refractivity contribution in [2.75, 3.05) is 6.54 Å². The Balaban J connectivity index is 1.56. The predicted molar refractivity (Wildman–Crippen MR) is 89.3 cm³/mol. The van der Waals surface area contributed by atoms with Crippen molar-refractivity contribution < 1.29 is 4.79 Å². The summed E-state index contributed by atoms with van der Waals surface area (Å²) in [5.41, 5.74) is 0. The van der Waals surface area contributed by atoms with Crippen LogP contribution in [0.4, 0.5) is 0 Å². The number of hydrogen-bond donors (Lipinski definition) is 0. The normalized spacial score (nSPS) is 21.2. The molecule has 1 atom stereocenters. The van der Waals surface area contributed by atoms with Gasteiger partial charge in [0.15, 0.2) is 5.82 Å². The van der Waals surface area contributed by atoms with Gasteiger partial charge in [-0.3, -0.25) is 4.79 Å². The zero-order valence-electron chi connectivity index (χ0n) is 13.3. The summed E-state index contributed by atoms with van der Waals surface area (Å²) >= 11 is 1.65. The number of carbonyl (C=O) groups excluding carboxylic acids is 1. The Labute approximate surface area is 140 Å². The fourth-order valence-corrected chi connectivity index (χ4v) is 4.45. The molecule has 1 fully saturated rings. The Morgan fingerprint density at radius 2 is 2.17 bits per heavy atom. The molecule has 4 rings (SSSR count). The zero-order chi connectivity index (χ0) is 15.6. The summed E-state index contributed by atoms with van der Waals surface area (Å²) in [6.07, 6.45) is 7.24. The van der Waals surface area contributed by atoms with Crippen LogP contribution in [0, 0.1) is 0 Å². The summed E-state index contributed by atoms with van der Waals surface area (Å²) in [5, 5.41) is 10.9. The van der Waals surface area contributed by atoms with Gasteiger partial charge in [-0.15, -0.1) is 21.5 Å². The fourth-order valence-electron chi connectivity index (χ4n) is 3.75. The van der Waals surface area contributed by atoms with Gasteiger partial charge in [0.2, 0.25) is 5.91 Å². The summed E-state index contributed by atoms with van der Waals surface area (Å²) in [6, 6.07) is 4.16. The van der Waals surface area contributed by atoms with Crippen LogP contribution in [0.25, 0.3) is 0 Å². The minimum absolute atomic E-state index is 0.113. The number of likely N-dealkylation sites (tertiary alicyclic amines) is 1. The molecule has 2 aromatic rings. The monoisotopic (exact) mass is 330 g/mol. The van der Waals surface area contributed by atoms with E-state index in [1.165, 1.54) is 19.3 Å². The summed E-state index contributed by atoms with van der Waals surface area (Å²) < 4.78 is 2.29. The number of aromatic nitrogens is 3. The van der Waals surface area contributed by atoms with Gasteiger partial charge in [-0.25, -0.2) is 0 Å². The van der Waals surface area contributed by atoms with Crippen LogP contribution < -0.4 is 0 Å². The zero-order valence-corrected chi connectivity index (χ0v) is 14.1. The molecule has 6 heteroatoms. The van der Waals surface area contributed by atoms with Gasteiger partial charge in [0.25, 0.3) is 0 Å². The van der Waals surface area contributed by atoms with E-state index < -0.39 is 0 Å². The smallest absolute Gasteiger partial charge is 0.228 e. The molecule has 2 aliphatic heterocycles. The van der Waals surface area contributed by atoms with Crippen LogP contribution in [0.5, 0.6) is 0 Å². The Morgan fingerprint density at radius 3 is 3.04 bits per heavy atom. The molecule has 1 saturated heterocycles. The molecule has 0 aromatic carbocycles. The van der Waals surface area contributed by atoms with E-state index in [2.05, 4.69) is 14.8 Å². The van der Waals surface area contributed by atoms with Crippen molar-refractivity contribution >= 4 is 17.2 Å². The topological polar surface area (TPSA) is 51.0 Å². The van der Waals surface area contributed by atoms with E-state index in [-0.39, 0.29) is 11.9 Å². The lowest BCUT2D eigenvalue weighted by Gasteiger charge is -2.24. The predicted octanol–water partition coefficient (Wildman–Crippen LogP) is 2.97. The lowest BCUT2D eigenvalue weighted by atomic mass is 10.2. The lowest BCUT2D eigenvalue weighted by molar-refractivity contribution is -0.131. The number of nitrogens with zero attached hydrogens (tertiary/aromatic N) is 4. The van der Waals surface area contributed by atoms with E-state index in [1.807, 2.05) is 22.4 Å². The molecule has 2 aromatic heterocycles. The van der Waals surface area contributed by atoms with E-state index in [0.29, 0.717) is 6.42 Å². The van der Waals surface area contributed by atoms with Crippen LogP contribution in [0.2, 0.25) is 0 Å². The van der Waals surface area contributed by atoms with E-state index in [4.69, 9.17) is 0 Å². The molecular formula is C17H22N4OS. The summed E-state index contributed by atoms with van der Waals surface area (Å²) in [5.74, 6) is 2.34. The van der Waals surface area contributed by atoms with Crippen LogP contribution in [-0.2, 0) is 24.2 Å². The van der Waals surface area contributed by atoms with E-state index in [1.54, 1.807) is 11.3 Å². The first-order valence-corrected chi connectivity index (χ1v) is 9.45. The third kappa shape index (κ3) is 2.92. The maximum Gasteiger partial charge on any atom is 0.228 e. The first kappa shape index (κ1) is 14.9. The number of aryl methyl sites for hydroxylation is 1. The first-order chi connectivity index (χ1) is 11.3. The number of amides is 1. The van der Waals surface area contributed by atoms with Crippen LogP contribution >= 0.6 is 11.3 Å². The minimum Gasteiger partial charge on any atom is -0.332 e. The maximum atomic E-state index is 12.7. The highest BCUT2D eigenvalue weighted by atomic mass is 32.1. The van der Waals surface area contributed by atoms with Crippen molar-refractivity contribution in [1.29, 1.82) is 0 Å². The number of hydrogen-bond acceptors (Lipinski definition) is 4. The lowest BCUT2D eigenvalue weighted by Crippen LogP contribution is -2.33. The minimum atomic E-state index is 0.113. The highest BCUT2D eigenvalue weighted by molar-refractivity contribution is 7.10. The van der Waals surface area contributed by atoms with Crippen molar-refractivity contribution in [2.45, 2.75) is 57.5 Å². The van der Waals surface area contributed by atoms with Gasteiger partial charge < -0.3 is 9.47 Å². The van der Waals surface area contributed by atoms with Crippen molar-refractivity contribution in [2.24, 2.45) is 0 Å². The van der Waals surface area contributed by atoms with Gasteiger partial charge in [0, 0.05) is 24.4 Å². The quantitative estimate of drug-likeness (QED) is 0.869. The maximum absolute atomic E-state index is 12.7. The largest absolute Gasteiger partial charge is 0.332 e. The molecule has 0 spiro atoms. The van der Waals surface area contributed by atoms with Gasteiger partial charge >= 0.3 is 0 Å². The molecule has 0 bridgehead atoms. The molecule has 122 valence electrons. The summed E-state index contributed by atoms with van der Waals surface area (Å²) in [7, 11) is 0. The standard InChI is InChI=1S/C17H22N4OS/c22-16(12-13-6-5-11-23-13)20-10-4-7-14(20)17-19-18-15-8-2-1-3-9-21(15)17/h5-6,11,14H,1-4,7-10,12H2. The second-order valence-corrected chi connectivity index (χ2v) is 7.47. The van der Waals surface area contributed by atoms with Crippen LogP contribution in [0.1, 0.15) is 54.7 Å². The third-order valence-electron chi connectivity index (χ3n) is 4.91. The molecule has 5 nitrogen and oxygen atoms in total. The summed E-state index contributed by atoms with van der Waals surface area (Å²) in [4.78, 5) is 15.9. The Hall–Kier alpha value is -1.69. The van der Waals surface area contributed by atoms with Gasteiger partial charge in [0.05, 0.1) is 12.5 Å². The average Bonchev–Trinajstić information content (AvgIpc) is 3.26. The van der Waals surface area contributed by atoms with Crippen LogP contribution in [0.3, 0.4) is 0 Å². The highest BCUT2D eigenvalue weighted by Gasteiger charge is 2.34. The van der Waals surface area contributed by atoms with Gasteiger partial charge in [-0.05, 0) is 37.1 Å². The fraction of sp³-hybridized carbons (Fsp3) is 0.588. The molecule has 0 radical (unpaired) electrons. The molecule has 0 aliphatic carbocycles. The SMILES string of the molecule is O=C(Cc1cccs1)N1CCCC1c1nnc2n1CCCCC2. The molecule has 4 heterocycles. The van der Waals surface area contributed by atoms with Gasteiger partial charge in [-0.2, -0.15) is 0 Å². The Bertz CT molecular complexity index is 679. The Morgan fingerprint density at radius 1 is 1.22 bits per heavy atom. The molecular weight excluding hydrogens is 308 g/mol. The summed E-state index contributed by atoms with van der Waals surface area (Å²) in [6.45, 7) is 1.85. The number of thiophene rings is 1. The van der Waals surface area contributed by atoms with Crippen molar-refractivity contribution in [3.63, 3.8) is 0 Å². The number of rotatable bonds is 3. The molecule has 0 saturated carbocycles. The van der Waals surface area contributed by atoms with Gasteiger partial charge in [-0.1, -0.05) is 12.5 Å². The first-order valence-electron chi connectivity index (χ1n) is 8.57. The number of fused-ring (bicyclic) bond motifs is 1. The molecule has 23 heavy (non-hydrogen) atoms. The second-order valence-electron chi connectivity index (χ2n) is 6.44. The highest BCUT2D eigenvalue weighted by Crippen LogP contribution is 2.33. The second kappa shape index (κ2) is 6.43. The van der Waals surface area contributed by atoms with Crippen LogP contribution in [0.15, 0.2) is 17.5 Å². The van der Waals surface area contributed by atoms with Crippen molar-refractivity contribution in [1.82, 2.24) is 19.7 Å². The van der Waals surface area contributed by atoms with Gasteiger partial charge in [0.1, 0.15) is 5.82 Å². The average molecular weight is 330 g/mol. The molecule has 0 N–H and O–H groups in total. The van der Waals surface area contributed by atoms with Crippen molar-refractivity contribution in [3.8, 4) is 0 Å². The van der Waals surface area contributed by atoms with Crippen LogP contribution in [-0.4, -0.2) is 32.1 Å². The van der Waals surface area contributed by atoms with E-state index >= 15 is 0 Å².